The molecular weight excluding hydrogens is 356 g/mol. The molecule has 4 rings (SSSR count). The monoisotopic (exact) mass is 388 g/mol. The largest absolute Gasteiger partial charge is 0.493 e. The number of para-hydroxylation sites is 1. The number of ether oxygens (including phenoxy) is 3. The SMILES string of the molecule is COc1cccc(CN2CCC[C@@]3(CCN(C4CCOCC4)C3)C2=O)c1OC. The molecule has 3 saturated heterocycles. The molecule has 0 bridgehead atoms. The highest BCUT2D eigenvalue weighted by molar-refractivity contribution is 5.84. The Morgan fingerprint density at radius 2 is 1.96 bits per heavy atom. The maximum absolute atomic E-state index is 13.5. The van der Waals surface area contributed by atoms with E-state index < -0.39 is 0 Å². The van der Waals surface area contributed by atoms with Gasteiger partial charge in [0.15, 0.2) is 11.5 Å². The lowest BCUT2D eigenvalue weighted by Gasteiger charge is -2.40. The minimum absolute atomic E-state index is 0.206. The quantitative estimate of drug-likeness (QED) is 0.776. The third-order valence-corrected chi connectivity index (χ3v) is 6.76. The first kappa shape index (κ1) is 19.5. The lowest BCUT2D eigenvalue weighted by Crippen LogP contribution is -2.50. The van der Waals surface area contributed by atoms with Gasteiger partial charge in [-0.1, -0.05) is 12.1 Å². The van der Waals surface area contributed by atoms with E-state index in [-0.39, 0.29) is 5.41 Å². The molecule has 3 aliphatic heterocycles. The fourth-order valence-corrected chi connectivity index (χ4v) is 5.23. The number of amides is 1. The fraction of sp³-hybridized carbons (Fsp3) is 0.682. The van der Waals surface area contributed by atoms with E-state index in [9.17, 15) is 4.79 Å². The molecular formula is C22H32N2O4. The van der Waals surface area contributed by atoms with Gasteiger partial charge in [0.2, 0.25) is 5.91 Å². The highest BCUT2D eigenvalue weighted by Gasteiger charge is 2.49. The Labute approximate surface area is 167 Å². The van der Waals surface area contributed by atoms with Crippen LogP contribution in [0.3, 0.4) is 0 Å². The van der Waals surface area contributed by atoms with Gasteiger partial charge in [-0.05, 0) is 44.7 Å². The van der Waals surface area contributed by atoms with E-state index in [1.165, 1.54) is 0 Å². The fourth-order valence-electron chi connectivity index (χ4n) is 5.23. The summed E-state index contributed by atoms with van der Waals surface area (Å²) in [6.07, 6.45) is 5.25. The summed E-state index contributed by atoms with van der Waals surface area (Å²) in [6.45, 7) is 5.04. The van der Waals surface area contributed by atoms with Gasteiger partial charge in [0.25, 0.3) is 0 Å². The van der Waals surface area contributed by atoms with Crippen LogP contribution in [0.1, 0.15) is 37.7 Å². The number of rotatable bonds is 5. The molecule has 3 heterocycles. The first-order valence-electron chi connectivity index (χ1n) is 10.5. The normalized spacial score (nSPS) is 26.8. The first-order valence-corrected chi connectivity index (χ1v) is 10.5. The predicted molar refractivity (Wildman–Crippen MR) is 107 cm³/mol. The summed E-state index contributed by atoms with van der Waals surface area (Å²) in [7, 11) is 3.30. The molecule has 3 fully saturated rings. The average Bonchev–Trinajstić information content (AvgIpc) is 3.17. The molecule has 154 valence electrons. The number of piperidine rings is 1. The lowest BCUT2D eigenvalue weighted by atomic mass is 9.78. The van der Waals surface area contributed by atoms with Gasteiger partial charge < -0.3 is 19.1 Å². The summed E-state index contributed by atoms with van der Waals surface area (Å²) in [5, 5.41) is 0. The van der Waals surface area contributed by atoms with Gasteiger partial charge in [-0.2, -0.15) is 0 Å². The van der Waals surface area contributed by atoms with Gasteiger partial charge in [-0.3, -0.25) is 9.69 Å². The highest BCUT2D eigenvalue weighted by Crippen LogP contribution is 2.42. The summed E-state index contributed by atoms with van der Waals surface area (Å²) >= 11 is 0. The van der Waals surface area contributed by atoms with Crippen LogP contribution in [-0.2, 0) is 16.1 Å². The molecule has 1 atom stereocenters. The van der Waals surface area contributed by atoms with Crippen LogP contribution in [0.4, 0.5) is 0 Å². The molecule has 1 spiro atoms. The van der Waals surface area contributed by atoms with Crippen LogP contribution in [0, 0.1) is 5.41 Å². The Morgan fingerprint density at radius 3 is 2.71 bits per heavy atom. The molecule has 3 aliphatic rings. The van der Waals surface area contributed by atoms with Crippen LogP contribution in [0.2, 0.25) is 0 Å². The van der Waals surface area contributed by atoms with Gasteiger partial charge in [-0.15, -0.1) is 0 Å². The van der Waals surface area contributed by atoms with E-state index in [2.05, 4.69) is 4.90 Å². The number of benzene rings is 1. The number of carbonyl (C=O) groups excluding carboxylic acids is 1. The molecule has 6 heteroatoms. The molecule has 0 radical (unpaired) electrons. The van der Waals surface area contributed by atoms with E-state index >= 15 is 0 Å². The smallest absolute Gasteiger partial charge is 0.230 e. The van der Waals surface area contributed by atoms with Gasteiger partial charge in [-0.25, -0.2) is 0 Å². The van der Waals surface area contributed by atoms with Crippen LogP contribution in [0.25, 0.3) is 0 Å². The lowest BCUT2D eigenvalue weighted by molar-refractivity contribution is -0.146. The second-order valence-electron chi connectivity index (χ2n) is 8.33. The van der Waals surface area contributed by atoms with E-state index in [0.29, 0.717) is 24.2 Å². The van der Waals surface area contributed by atoms with Crippen molar-refractivity contribution >= 4 is 5.91 Å². The van der Waals surface area contributed by atoms with E-state index in [4.69, 9.17) is 14.2 Å². The zero-order valence-corrected chi connectivity index (χ0v) is 17.1. The van der Waals surface area contributed by atoms with Gasteiger partial charge >= 0.3 is 0 Å². The van der Waals surface area contributed by atoms with Crippen molar-refractivity contribution in [3.05, 3.63) is 23.8 Å². The molecule has 6 nitrogen and oxygen atoms in total. The first-order chi connectivity index (χ1) is 13.7. The predicted octanol–water partition coefficient (Wildman–Crippen LogP) is 2.70. The molecule has 0 aromatic heterocycles. The van der Waals surface area contributed by atoms with Gasteiger partial charge in [0.05, 0.1) is 19.6 Å². The van der Waals surface area contributed by atoms with Crippen LogP contribution in [-0.4, -0.2) is 68.8 Å². The second kappa shape index (κ2) is 8.29. The molecule has 1 amide bonds. The van der Waals surface area contributed by atoms with Crippen LogP contribution in [0.5, 0.6) is 11.5 Å². The number of carbonyl (C=O) groups is 1. The van der Waals surface area contributed by atoms with Gasteiger partial charge in [0.1, 0.15) is 0 Å². The van der Waals surface area contributed by atoms with E-state index in [1.807, 2.05) is 23.1 Å². The molecule has 1 aromatic carbocycles. The molecule has 0 aliphatic carbocycles. The number of methoxy groups -OCH3 is 2. The second-order valence-corrected chi connectivity index (χ2v) is 8.33. The minimum atomic E-state index is -0.206. The zero-order chi connectivity index (χ0) is 19.6. The summed E-state index contributed by atoms with van der Waals surface area (Å²) in [6, 6.07) is 6.46. The van der Waals surface area contributed by atoms with Crippen molar-refractivity contribution in [3.63, 3.8) is 0 Å². The minimum Gasteiger partial charge on any atom is -0.493 e. The molecule has 0 unspecified atom stereocenters. The molecule has 1 aromatic rings. The van der Waals surface area contributed by atoms with Crippen molar-refractivity contribution in [3.8, 4) is 11.5 Å². The summed E-state index contributed by atoms with van der Waals surface area (Å²) in [4.78, 5) is 18.1. The molecule has 0 N–H and O–H groups in total. The third-order valence-electron chi connectivity index (χ3n) is 6.76. The zero-order valence-electron chi connectivity index (χ0n) is 17.1. The van der Waals surface area contributed by atoms with Gasteiger partial charge in [0, 0.05) is 44.5 Å². The topological polar surface area (TPSA) is 51.2 Å². The Hall–Kier alpha value is -1.79. The Kier molecular flexibility index (Phi) is 5.78. The standard InChI is InChI=1S/C22H32N2O4/c1-26-19-6-3-5-17(20(19)27-2)15-23-11-4-9-22(21(23)25)10-12-24(16-22)18-7-13-28-14-8-18/h3,5-6,18H,4,7-16H2,1-2H3/t22-/m0/s1. The van der Waals surface area contributed by atoms with Crippen LogP contribution >= 0.6 is 0 Å². The molecule has 0 saturated carbocycles. The average molecular weight is 389 g/mol. The van der Waals surface area contributed by atoms with Crippen molar-refractivity contribution in [1.29, 1.82) is 0 Å². The summed E-state index contributed by atoms with van der Waals surface area (Å²) in [5.74, 6) is 1.76. The third kappa shape index (κ3) is 3.60. The van der Waals surface area contributed by atoms with E-state index in [1.54, 1.807) is 14.2 Å². The highest BCUT2D eigenvalue weighted by atomic mass is 16.5. The van der Waals surface area contributed by atoms with Crippen LogP contribution in [0.15, 0.2) is 18.2 Å². The van der Waals surface area contributed by atoms with Crippen molar-refractivity contribution in [2.24, 2.45) is 5.41 Å². The Bertz CT molecular complexity index is 704. The number of hydrogen-bond donors (Lipinski definition) is 0. The number of nitrogens with zero attached hydrogens (tertiary/aromatic N) is 2. The van der Waals surface area contributed by atoms with Crippen molar-refractivity contribution in [2.45, 2.75) is 44.7 Å². The van der Waals surface area contributed by atoms with Crippen molar-refractivity contribution < 1.29 is 19.0 Å². The maximum atomic E-state index is 13.5. The van der Waals surface area contributed by atoms with E-state index in [0.717, 1.165) is 76.3 Å². The Morgan fingerprint density at radius 1 is 1.14 bits per heavy atom. The number of hydrogen-bond acceptors (Lipinski definition) is 5. The van der Waals surface area contributed by atoms with Crippen molar-refractivity contribution in [2.75, 3.05) is 47.1 Å². The Balaban J connectivity index is 1.48. The summed E-state index contributed by atoms with van der Waals surface area (Å²) in [5.41, 5.74) is 0.800. The molecule has 28 heavy (non-hydrogen) atoms. The number of likely N-dealkylation sites (tertiary alicyclic amines) is 2. The van der Waals surface area contributed by atoms with Crippen LogP contribution < -0.4 is 9.47 Å². The summed E-state index contributed by atoms with van der Waals surface area (Å²) < 4.78 is 16.5. The maximum Gasteiger partial charge on any atom is 0.230 e. The van der Waals surface area contributed by atoms with Crippen molar-refractivity contribution in [1.82, 2.24) is 9.80 Å².